The molecule has 4 aromatic carbocycles. The van der Waals surface area contributed by atoms with E-state index in [1.165, 1.54) is 44.1 Å². The summed E-state index contributed by atoms with van der Waals surface area (Å²) in [4.78, 5) is 0. The molecule has 0 fully saturated rings. The Morgan fingerprint density at radius 3 is 1.39 bits per heavy atom. The highest BCUT2D eigenvalue weighted by atomic mass is 33.1. The predicted octanol–water partition coefficient (Wildman–Crippen LogP) is 9.01. The number of ether oxygens (including phenoxy) is 2. The van der Waals surface area contributed by atoms with Crippen molar-refractivity contribution in [2.45, 2.75) is 13.1 Å². The van der Waals surface area contributed by atoms with E-state index in [1.54, 1.807) is 14.2 Å². The van der Waals surface area contributed by atoms with Gasteiger partial charge in [-0.2, -0.15) is 9.13 Å². The maximum absolute atomic E-state index is 5.36. The molecule has 0 bridgehead atoms. The average molecular weight is 643 g/mol. The van der Waals surface area contributed by atoms with E-state index in [9.17, 15) is 0 Å². The summed E-state index contributed by atoms with van der Waals surface area (Å²) in [6, 6.07) is 38.2. The summed E-state index contributed by atoms with van der Waals surface area (Å²) in [6.07, 6.45) is 13.1. The Morgan fingerprint density at radius 2 is 0.935 bits per heavy atom. The largest absolute Gasteiger partial charge is 0.497 e. The average Bonchev–Trinajstić information content (AvgIpc) is 3.11. The Balaban J connectivity index is 0.998. The molecular formula is C40H38N2O2S2+2. The third-order valence-corrected chi connectivity index (χ3v) is 10.3. The Labute approximate surface area is 279 Å². The Morgan fingerprint density at radius 1 is 0.500 bits per heavy atom. The van der Waals surface area contributed by atoms with Gasteiger partial charge in [-0.1, -0.05) is 58.0 Å². The topological polar surface area (TPSA) is 26.2 Å². The smallest absolute Gasteiger partial charge is 0.205 e. The summed E-state index contributed by atoms with van der Waals surface area (Å²) in [5.41, 5.74) is 4.77. The molecular weight excluding hydrogens is 605 g/mol. The van der Waals surface area contributed by atoms with Crippen molar-refractivity contribution in [2.24, 2.45) is 0 Å². The van der Waals surface area contributed by atoms with Crippen LogP contribution in [0.3, 0.4) is 0 Å². The second kappa shape index (κ2) is 15.7. The number of rotatable bonds is 13. The first-order valence-corrected chi connectivity index (χ1v) is 17.9. The molecule has 4 nitrogen and oxygen atoms in total. The van der Waals surface area contributed by atoms with Gasteiger partial charge in [-0.3, -0.25) is 0 Å². The number of aryl methyl sites for hydroxylation is 2. The van der Waals surface area contributed by atoms with E-state index in [0.717, 1.165) is 36.1 Å². The molecule has 6 aromatic rings. The fourth-order valence-corrected chi connectivity index (χ4v) is 7.32. The van der Waals surface area contributed by atoms with Crippen LogP contribution in [0.25, 0.3) is 45.8 Å². The molecule has 0 atom stereocenters. The first-order chi connectivity index (χ1) is 22.7. The maximum Gasteiger partial charge on any atom is 0.205 e. The van der Waals surface area contributed by atoms with Crippen LogP contribution in [0.2, 0.25) is 0 Å². The lowest BCUT2D eigenvalue weighted by molar-refractivity contribution is -0.694. The molecule has 0 N–H and O–H groups in total. The first-order valence-electron chi connectivity index (χ1n) is 15.4. The molecule has 0 spiro atoms. The zero-order valence-electron chi connectivity index (χ0n) is 26.2. The van der Waals surface area contributed by atoms with Crippen molar-refractivity contribution in [1.82, 2.24) is 0 Å². The van der Waals surface area contributed by atoms with Crippen LogP contribution in [-0.2, 0) is 13.1 Å². The molecule has 230 valence electrons. The molecule has 0 aliphatic rings. The Kier molecular flexibility index (Phi) is 10.7. The summed E-state index contributed by atoms with van der Waals surface area (Å²) in [5, 5.41) is 4.78. The minimum Gasteiger partial charge on any atom is -0.497 e. The van der Waals surface area contributed by atoms with Gasteiger partial charge in [0.1, 0.15) is 11.5 Å². The molecule has 46 heavy (non-hydrogen) atoms. The molecule has 6 heteroatoms. The van der Waals surface area contributed by atoms with Gasteiger partial charge in [0.15, 0.2) is 25.5 Å². The number of aromatic nitrogens is 2. The maximum atomic E-state index is 5.36. The van der Waals surface area contributed by atoms with Crippen molar-refractivity contribution in [3.63, 3.8) is 0 Å². The molecule has 0 amide bonds. The van der Waals surface area contributed by atoms with Gasteiger partial charge in [0.25, 0.3) is 0 Å². The van der Waals surface area contributed by atoms with E-state index in [1.807, 2.05) is 33.7 Å². The zero-order valence-corrected chi connectivity index (χ0v) is 27.8. The van der Waals surface area contributed by atoms with Crippen molar-refractivity contribution in [3.8, 4) is 11.5 Å². The summed E-state index contributed by atoms with van der Waals surface area (Å²) in [7, 11) is 7.28. The molecule has 2 aromatic heterocycles. The molecule has 0 aliphatic heterocycles. The SMILES string of the molecule is COc1ccc2cc(C=Cc3cccc[n+]3CCSSCC[n+]3ccccc3C=Cc3ccc4cc(OC)ccc4c3)ccc2c1. The number of nitrogens with zero attached hydrogens (tertiary/aromatic N) is 2. The lowest BCUT2D eigenvalue weighted by atomic mass is 10.1. The molecule has 2 heterocycles. The van der Waals surface area contributed by atoms with E-state index in [0.29, 0.717) is 0 Å². The number of fused-ring (bicyclic) bond motifs is 2. The van der Waals surface area contributed by atoms with E-state index >= 15 is 0 Å². The highest BCUT2D eigenvalue weighted by molar-refractivity contribution is 8.76. The van der Waals surface area contributed by atoms with Gasteiger partial charge < -0.3 is 9.47 Å². The molecule has 0 unspecified atom stereocenters. The van der Waals surface area contributed by atoms with E-state index in [2.05, 4.69) is 143 Å². The van der Waals surface area contributed by atoms with Gasteiger partial charge >= 0.3 is 0 Å². The van der Waals surface area contributed by atoms with Gasteiger partial charge in [0.05, 0.1) is 25.7 Å². The van der Waals surface area contributed by atoms with Crippen LogP contribution in [0.15, 0.2) is 122 Å². The third kappa shape index (κ3) is 8.19. The zero-order chi connectivity index (χ0) is 31.6. The minimum absolute atomic E-state index is 0.882. The lowest BCUT2D eigenvalue weighted by Gasteiger charge is -2.04. The highest BCUT2D eigenvalue weighted by Gasteiger charge is 2.09. The van der Waals surface area contributed by atoms with Gasteiger partial charge in [-0.25, -0.2) is 0 Å². The van der Waals surface area contributed by atoms with Crippen molar-refractivity contribution >= 4 is 67.4 Å². The number of benzene rings is 4. The highest BCUT2D eigenvalue weighted by Crippen LogP contribution is 2.24. The van der Waals surface area contributed by atoms with Crippen LogP contribution >= 0.6 is 21.6 Å². The van der Waals surface area contributed by atoms with Gasteiger partial charge in [-0.15, -0.1) is 0 Å². The summed E-state index contributed by atoms with van der Waals surface area (Å²) < 4.78 is 15.4. The number of methoxy groups -OCH3 is 2. The van der Waals surface area contributed by atoms with E-state index < -0.39 is 0 Å². The van der Waals surface area contributed by atoms with Crippen LogP contribution in [-0.4, -0.2) is 25.7 Å². The normalized spacial score (nSPS) is 11.6. The quantitative estimate of drug-likeness (QED) is 0.0714. The molecule has 0 radical (unpaired) electrons. The van der Waals surface area contributed by atoms with Crippen LogP contribution in [0.4, 0.5) is 0 Å². The fraction of sp³-hybridized carbons (Fsp3) is 0.150. The third-order valence-electron chi connectivity index (χ3n) is 7.90. The predicted molar refractivity (Wildman–Crippen MR) is 197 cm³/mol. The summed E-state index contributed by atoms with van der Waals surface area (Å²) >= 11 is 0. The van der Waals surface area contributed by atoms with Crippen LogP contribution in [0.1, 0.15) is 22.5 Å². The summed E-state index contributed by atoms with van der Waals surface area (Å²) in [5.74, 6) is 3.84. The van der Waals surface area contributed by atoms with Crippen molar-refractivity contribution in [2.75, 3.05) is 25.7 Å². The molecule has 0 saturated heterocycles. The van der Waals surface area contributed by atoms with Crippen LogP contribution in [0, 0.1) is 0 Å². The number of pyridine rings is 2. The van der Waals surface area contributed by atoms with E-state index in [-0.39, 0.29) is 0 Å². The van der Waals surface area contributed by atoms with Gasteiger partial charge in [0.2, 0.25) is 11.4 Å². The van der Waals surface area contributed by atoms with Gasteiger partial charge in [-0.05, 0) is 93.4 Å². The lowest BCUT2D eigenvalue weighted by Crippen LogP contribution is -2.38. The van der Waals surface area contributed by atoms with Crippen LogP contribution < -0.4 is 18.6 Å². The Bertz CT molecular complexity index is 1860. The summed E-state index contributed by atoms with van der Waals surface area (Å²) in [6.45, 7) is 1.92. The molecule has 6 rings (SSSR count). The Hall–Kier alpha value is -4.52. The fourth-order valence-electron chi connectivity index (χ4n) is 5.39. The first kappa shape index (κ1) is 31.5. The second-order valence-electron chi connectivity index (χ2n) is 10.9. The standard InChI is InChI=1S/C40H38N2O2S2/c1-43-39-19-15-33-27-31(9-13-35(33)29-39)11-17-37-7-3-5-21-41(37)23-25-45-46-26-24-42-22-6-4-8-38(42)18-12-32-10-14-36-30-40(44-2)20-16-34(36)28-32/h3-22,27-30H,23-26H2,1-2H3/q+2. The number of hydrogen-bond donors (Lipinski definition) is 0. The molecule has 0 aliphatic carbocycles. The monoisotopic (exact) mass is 642 g/mol. The van der Waals surface area contributed by atoms with E-state index in [4.69, 9.17) is 9.47 Å². The minimum atomic E-state index is 0.882. The van der Waals surface area contributed by atoms with Crippen molar-refractivity contribution < 1.29 is 18.6 Å². The second-order valence-corrected chi connectivity index (χ2v) is 13.6. The van der Waals surface area contributed by atoms with Gasteiger partial charge in [0, 0.05) is 36.4 Å². The van der Waals surface area contributed by atoms with Crippen molar-refractivity contribution in [1.29, 1.82) is 0 Å². The number of hydrogen-bond acceptors (Lipinski definition) is 4. The molecule has 0 saturated carbocycles. The van der Waals surface area contributed by atoms with Crippen LogP contribution in [0.5, 0.6) is 11.5 Å². The van der Waals surface area contributed by atoms with Crippen molar-refractivity contribution in [3.05, 3.63) is 144 Å².